The van der Waals surface area contributed by atoms with Gasteiger partial charge >= 0.3 is 0 Å². The highest BCUT2D eigenvalue weighted by Gasteiger charge is 2.31. The van der Waals surface area contributed by atoms with Gasteiger partial charge < -0.3 is 4.90 Å². The second kappa shape index (κ2) is 8.31. The van der Waals surface area contributed by atoms with Crippen molar-refractivity contribution in [1.82, 2.24) is 4.90 Å². The van der Waals surface area contributed by atoms with E-state index < -0.39 is 22.4 Å². The number of amides is 1. The van der Waals surface area contributed by atoms with Gasteiger partial charge in [-0.25, -0.2) is 12.8 Å². The van der Waals surface area contributed by atoms with Crippen LogP contribution in [0.1, 0.15) is 25.3 Å². The Balaban J connectivity index is 1.97. The number of nitrogens with zero attached hydrogens (tertiary/aromatic N) is 2. The summed E-state index contributed by atoms with van der Waals surface area (Å²) >= 11 is 0. The number of halogens is 1. The van der Waals surface area contributed by atoms with Gasteiger partial charge in [-0.2, -0.15) is 0 Å². The van der Waals surface area contributed by atoms with Crippen LogP contribution in [0.2, 0.25) is 0 Å². The standard InChI is InChI=1S/C21H25FN2O3S/c1-16-9-11-18(12-10-16)28(26,27)24(20-8-4-3-7-19(20)22)15-21(25)23-13-5-6-17(2)14-23/h3-4,7-12,17H,5-6,13-15H2,1-2H3. The molecule has 2 aromatic carbocycles. The average Bonchev–Trinajstić information content (AvgIpc) is 2.67. The van der Waals surface area contributed by atoms with Crippen molar-refractivity contribution >= 4 is 21.6 Å². The third kappa shape index (κ3) is 4.35. The number of carbonyl (C=O) groups is 1. The maximum absolute atomic E-state index is 14.5. The molecule has 1 amide bonds. The number of sulfonamides is 1. The first-order chi connectivity index (χ1) is 13.3. The first kappa shape index (κ1) is 20.3. The molecule has 0 spiro atoms. The zero-order valence-electron chi connectivity index (χ0n) is 16.1. The summed E-state index contributed by atoms with van der Waals surface area (Å²) in [4.78, 5) is 14.6. The van der Waals surface area contributed by atoms with Crippen molar-refractivity contribution in [1.29, 1.82) is 0 Å². The number of para-hydroxylation sites is 1. The van der Waals surface area contributed by atoms with E-state index in [-0.39, 0.29) is 16.5 Å². The Bertz CT molecular complexity index is 944. The van der Waals surface area contributed by atoms with Gasteiger partial charge in [0.1, 0.15) is 12.4 Å². The first-order valence-corrected chi connectivity index (χ1v) is 10.8. The molecule has 0 aromatic heterocycles. The van der Waals surface area contributed by atoms with Gasteiger partial charge in [0.15, 0.2) is 0 Å². The fourth-order valence-corrected chi connectivity index (χ4v) is 4.85. The molecule has 3 rings (SSSR count). The van der Waals surface area contributed by atoms with Gasteiger partial charge in [0, 0.05) is 13.1 Å². The summed E-state index contributed by atoms with van der Waals surface area (Å²) in [5.74, 6) is -0.628. The molecule has 0 saturated carbocycles. The molecule has 1 saturated heterocycles. The van der Waals surface area contributed by atoms with Crippen LogP contribution in [-0.4, -0.2) is 38.9 Å². The number of likely N-dealkylation sites (tertiary alicyclic amines) is 1. The number of piperidine rings is 1. The lowest BCUT2D eigenvalue weighted by molar-refractivity contribution is -0.131. The fraction of sp³-hybridized carbons (Fsp3) is 0.381. The Morgan fingerprint density at radius 3 is 2.50 bits per heavy atom. The van der Waals surface area contributed by atoms with E-state index in [1.165, 1.54) is 30.3 Å². The highest BCUT2D eigenvalue weighted by atomic mass is 32.2. The van der Waals surface area contributed by atoms with E-state index in [4.69, 9.17) is 0 Å². The monoisotopic (exact) mass is 404 g/mol. The number of hydrogen-bond donors (Lipinski definition) is 0. The van der Waals surface area contributed by atoms with E-state index in [1.54, 1.807) is 23.1 Å². The molecule has 1 aliphatic rings. The summed E-state index contributed by atoms with van der Waals surface area (Å²) in [5.41, 5.74) is 0.788. The summed E-state index contributed by atoms with van der Waals surface area (Å²) < 4.78 is 41.9. The molecule has 7 heteroatoms. The molecule has 0 N–H and O–H groups in total. The zero-order valence-corrected chi connectivity index (χ0v) is 17.0. The molecule has 0 aliphatic carbocycles. The van der Waals surface area contributed by atoms with Crippen molar-refractivity contribution in [2.45, 2.75) is 31.6 Å². The maximum Gasteiger partial charge on any atom is 0.264 e. The molecule has 2 aromatic rings. The van der Waals surface area contributed by atoms with E-state index in [1.807, 2.05) is 6.92 Å². The van der Waals surface area contributed by atoms with Crippen LogP contribution in [-0.2, 0) is 14.8 Å². The molecule has 0 radical (unpaired) electrons. The fourth-order valence-electron chi connectivity index (χ4n) is 3.43. The zero-order chi connectivity index (χ0) is 20.3. The summed E-state index contributed by atoms with van der Waals surface area (Å²) in [5, 5.41) is 0. The highest BCUT2D eigenvalue weighted by molar-refractivity contribution is 7.92. The SMILES string of the molecule is Cc1ccc(S(=O)(=O)N(CC(=O)N2CCCC(C)C2)c2ccccc2F)cc1. The number of carbonyl (C=O) groups excluding carboxylic acids is 1. The highest BCUT2D eigenvalue weighted by Crippen LogP contribution is 2.27. The van der Waals surface area contributed by atoms with Gasteiger partial charge in [-0.05, 0) is 49.9 Å². The van der Waals surface area contributed by atoms with Gasteiger partial charge in [0.2, 0.25) is 5.91 Å². The summed E-state index contributed by atoms with van der Waals surface area (Å²) in [7, 11) is -4.09. The summed E-state index contributed by atoms with van der Waals surface area (Å²) in [6.07, 6.45) is 1.93. The van der Waals surface area contributed by atoms with Crippen molar-refractivity contribution in [2.24, 2.45) is 5.92 Å². The van der Waals surface area contributed by atoms with Crippen LogP contribution < -0.4 is 4.31 Å². The van der Waals surface area contributed by atoms with Crippen LogP contribution >= 0.6 is 0 Å². The second-order valence-electron chi connectivity index (χ2n) is 7.36. The number of hydrogen-bond acceptors (Lipinski definition) is 3. The van der Waals surface area contributed by atoms with Crippen LogP contribution in [0.4, 0.5) is 10.1 Å². The molecular formula is C21H25FN2O3S. The summed E-state index contributed by atoms with van der Waals surface area (Å²) in [6, 6.07) is 11.9. The molecule has 1 heterocycles. The Hall–Kier alpha value is -2.41. The van der Waals surface area contributed by atoms with Crippen LogP contribution in [0.25, 0.3) is 0 Å². The van der Waals surface area contributed by atoms with Gasteiger partial charge in [0.25, 0.3) is 10.0 Å². The Morgan fingerprint density at radius 1 is 1.18 bits per heavy atom. The quantitative estimate of drug-likeness (QED) is 0.765. The minimum absolute atomic E-state index is 0.0289. The lowest BCUT2D eigenvalue weighted by Gasteiger charge is -2.33. The van der Waals surface area contributed by atoms with E-state index in [2.05, 4.69) is 6.92 Å². The van der Waals surface area contributed by atoms with Crippen LogP contribution in [0, 0.1) is 18.7 Å². The predicted octanol–water partition coefficient (Wildman–Crippen LogP) is 3.59. The number of benzene rings is 2. The topological polar surface area (TPSA) is 57.7 Å². The largest absolute Gasteiger partial charge is 0.341 e. The van der Waals surface area contributed by atoms with Gasteiger partial charge in [-0.3, -0.25) is 9.10 Å². The van der Waals surface area contributed by atoms with Gasteiger partial charge in [-0.15, -0.1) is 0 Å². The number of aryl methyl sites for hydroxylation is 1. The van der Waals surface area contributed by atoms with Crippen molar-refractivity contribution in [2.75, 3.05) is 23.9 Å². The van der Waals surface area contributed by atoms with E-state index in [0.717, 1.165) is 22.7 Å². The van der Waals surface area contributed by atoms with Gasteiger partial charge in [0.05, 0.1) is 10.6 Å². The predicted molar refractivity (Wildman–Crippen MR) is 107 cm³/mol. The molecule has 150 valence electrons. The molecule has 28 heavy (non-hydrogen) atoms. The van der Waals surface area contributed by atoms with Crippen LogP contribution in [0.5, 0.6) is 0 Å². The van der Waals surface area contributed by atoms with Crippen molar-refractivity contribution in [3.05, 3.63) is 59.9 Å². The third-order valence-electron chi connectivity index (χ3n) is 5.02. The maximum atomic E-state index is 14.5. The Labute approximate surface area is 165 Å². The molecule has 0 bridgehead atoms. The minimum Gasteiger partial charge on any atom is -0.341 e. The normalized spacial score (nSPS) is 17.4. The summed E-state index contributed by atoms with van der Waals surface area (Å²) in [6.45, 7) is 4.68. The molecule has 1 unspecified atom stereocenters. The van der Waals surface area contributed by atoms with Gasteiger partial charge in [-0.1, -0.05) is 36.8 Å². The Morgan fingerprint density at radius 2 is 1.86 bits per heavy atom. The molecular weight excluding hydrogens is 379 g/mol. The first-order valence-electron chi connectivity index (χ1n) is 9.41. The smallest absolute Gasteiger partial charge is 0.264 e. The van der Waals surface area contributed by atoms with Crippen molar-refractivity contribution in [3.8, 4) is 0 Å². The van der Waals surface area contributed by atoms with E-state index in [0.29, 0.717) is 19.0 Å². The molecule has 1 aliphatic heterocycles. The van der Waals surface area contributed by atoms with E-state index in [9.17, 15) is 17.6 Å². The lowest BCUT2D eigenvalue weighted by Crippen LogP contribution is -2.46. The third-order valence-corrected chi connectivity index (χ3v) is 6.79. The van der Waals surface area contributed by atoms with Crippen molar-refractivity contribution < 1.29 is 17.6 Å². The Kier molecular flexibility index (Phi) is 6.03. The molecule has 1 fully saturated rings. The van der Waals surface area contributed by atoms with Crippen LogP contribution in [0.3, 0.4) is 0 Å². The minimum atomic E-state index is -4.09. The van der Waals surface area contributed by atoms with E-state index >= 15 is 0 Å². The second-order valence-corrected chi connectivity index (χ2v) is 9.23. The average molecular weight is 405 g/mol. The number of rotatable bonds is 5. The lowest BCUT2D eigenvalue weighted by atomic mass is 10.0. The van der Waals surface area contributed by atoms with Crippen molar-refractivity contribution in [3.63, 3.8) is 0 Å². The number of anilines is 1. The molecule has 1 atom stereocenters. The van der Waals surface area contributed by atoms with Crippen LogP contribution in [0.15, 0.2) is 53.4 Å². The molecule has 5 nitrogen and oxygen atoms in total.